The SMILES string of the molecule is Cc1oc(-n2cccc2)c(C#N)c1C(=O)O[C@H](C)C(=O)Nc1ccc2ccccc2c1. The second-order valence-electron chi connectivity index (χ2n) is 7.01. The number of amides is 1. The fourth-order valence-electron chi connectivity index (χ4n) is 3.32. The Labute approximate surface area is 178 Å². The number of anilines is 1. The lowest BCUT2D eigenvalue weighted by atomic mass is 10.1. The number of nitrogens with one attached hydrogen (secondary N) is 1. The normalized spacial score (nSPS) is 11.6. The van der Waals surface area contributed by atoms with Gasteiger partial charge < -0.3 is 14.5 Å². The molecule has 0 bridgehead atoms. The van der Waals surface area contributed by atoms with Gasteiger partial charge in [-0.3, -0.25) is 9.36 Å². The van der Waals surface area contributed by atoms with Crippen molar-refractivity contribution in [3.05, 3.63) is 83.9 Å². The molecule has 0 fully saturated rings. The number of benzene rings is 2. The molecule has 2 aromatic carbocycles. The molecule has 7 nitrogen and oxygen atoms in total. The van der Waals surface area contributed by atoms with Crippen LogP contribution in [0.1, 0.15) is 28.6 Å². The summed E-state index contributed by atoms with van der Waals surface area (Å²) in [5.41, 5.74) is 0.663. The molecule has 0 radical (unpaired) electrons. The topological polar surface area (TPSA) is 97.3 Å². The zero-order chi connectivity index (χ0) is 22.0. The van der Waals surface area contributed by atoms with Gasteiger partial charge in [-0.05, 0) is 48.9 Å². The molecule has 0 spiro atoms. The van der Waals surface area contributed by atoms with Gasteiger partial charge in [0, 0.05) is 18.1 Å². The van der Waals surface area contributed by atoms with E-state index in [4.69, 9.17) is 9.15 Å². The molecule has 4 rings (SSSR count). The molecule has 1 atom stereocenters. The van der Waals surface area contributed by atoms with Gasteiger partial charge in [-0.1, -0.05) is 30.3 Å². The molecular weight excluding hydrogens is 394 g/mol. The molecule has 0 saturated heterocycles. The third-order valence-electron chi connectivity index (χ3n) is 4.89. The highest BCUT2D eigenvalue weighted by Crippen LogP contribution is 2.26. The number of aromatic nitrogens is 1. The van der Waals surface area contributed by atoms with Gasteiger partial charge in [-0.15, -0.1) is 0 Å². The highest BCUT2D eigenvalue weighted by molar-refractivity contribution is 6.00. The number of rotatable bonds is 5. The number of carbonyl (C=O) groups is 2. The summed E-state index contributed by atoms with van der Waals surface area (Å²) in [5, 5.41) is 14.4. The van der Waals surface area contributed by atoms with Crippen LogP contribution in [0.25, 0.3) is 16.7 Å². The molecule has 7 heteroatoms. The maximum absolute atomic E-state index is 12.7. The number of hydrogen-bond acceptors (Lipinski definition) is 5. The summed E-state index contributed by atoms with van der Waals surface area (Å²) >= 11 is 0. The summed E-state index contributed by atoms with van der Waals surface area (Å²) in [7, 11) is 0. The Bertz CT molecular complexity index is 1310. The van der Waals surface area contributed by atoms with Crippen molar-refractivity contribution in [3.8, 4) is 12.0 Å². The lowest BCUT2D eigenvalue weighted by Gasteiger charge is -2.14. The van der Waals surface area contributed by atoms with E-state index in [9.17, 15) is 14.9 Å². The summed E-state index contributed by atoms with van der Waals surface area (Å²) < 4.78 is 12.6. The van der Waals surface area contributed by atoms with Crippen LogP contribution >= 0.6 is 0 Å². The van der Waals surface area contributed by atoms with E-state index in [0.29, 0.717) is 5.69 Å². The number of nitriles is 1. The van der Waals surface area contributed by atoms with Crippen LogP contribution < -0.4 is 5.32 Å². The van der Waals surface area contributed by atoms with Crippen LogP contribution in [0.15, 0.2) is 71.4 Å². The van der Waals surface area contributed by atoms with Gasteiger partial charge in [-0.2, -0.15) is 5.26 Å². The van der Waals surface area contributed by atoms with Crippen molar-refractivity contribution in [3.63, 3.8) is 0 Å². The molecule has 4 aromatic rings. The van der Waals surface area contributed by atoms with Crippen molar-refractivity contribution in [2.75, 3.05) is 5.32 Å². The standard InChI is InChI=1S/C24H19N3O4/c1-15-21(20(14-25)23(30-15)27-11-5-6-12-27)24(29)31-16(2)22(28)26-19-10-9-17-7-3-4-8-18(17)13-19/h3-13,16H,1-2H3,(H,26,28)/t16-/m1/s1. The van der Waals surface area contributed by atoms with Gasteiger partial charge in [0.15, 0.2) is 6.10 Å². The number of esters is 1. The minimum absolute atomic E-state index is 0.0107. The second-order valence-corrected chi connectivity index (χ2v) is 7.01. The molecule has 1 N–H and O–H groups in total. The Morgan fingerprint density at radius 3 is 2.52 bits per heavy atom. The van der Waals surface area contributed by atoms with Crippen LogP contribution in [0.3, 0.4) is 0 Å². The summed E-state index contributed by atoms with van der Waals surface area (Å²) in [5.74, 6) is -0.802. The van der Waals surface area contributed by atoms with Crippen LogP contribution in [0, 0.1) is 18.3 Å². The van der Waals surface area contributed by atoms with E-state index >= 15 is 0 Å². The van der Waals surface area contributed by atoms with Gasteiger partial charge in [0.05, 0.1) is 0 Å². The Morgan fingerprint density at radius 2 is 1.81 bits per heavy atom. The maximum atomic E-state index is 12.7. The van der Waals surface area contributed by atoms with Crippen molar-refractivity contribution in [1.82, 2.24) is 4.57 Å². The lowest BCUT2D eigenvalue weighted by molar-refractivity contribution is -0.123. The van der Waals surface area contributed by atoms with Crippen LogP contribution in [-0.2, 0) is 9.53 Å². The molecule has 0 aliphatic rings. The molecule has 31 heavy (non-hydrogen) atoms. The number of furan rings is 1. The Balaban J connectivity index is 1.50. The summed E-state index contributed by atoms with van der Waals surface area (Å²) in [6.45, 7) is 3.05. The molecule has 2 heterocycles. The van der Waals surface area contributed by atoms with Crippen LogP contribution in [0.5, 0.6) is 0 Å². The van der Waals surface area contributed by atoms with Gasteiger partial charge in [0.2, 0.25) is 5.88 Å². The average Bonchev–Trinajstić information content (AvgIpc) is 3.40. The van der Waals surface area contributed by atoms with Crippen LogP contribution in [0.2, 0.25) is 0 Å². The molecule has 2 aromatic heterocycles. The minimum atomic E-state index is -1.07. The smallest absolute Gasteiger partial charge is 0.343 e. The van der Waals surface area contributed by atoms with E-state index in [-0.39, 0.29) is 22.8 Å². The fraction of sp³-hybridized carbons (Fsp3) is 0.125. The monoisotopic (exact) mass is 413 g/mol. The molecule has 154 valence electrons. The van der Waals surface area contributed by atoms with Crippen molar-refractivity contribution >= 4 is 28.3 Å². The Kier molecular flexibility index (Phi) is 5.29. The first kappa shape index (κ1) is 20.0. The largest absolute Gasteiger partial charge is 0.449 e. The molecule has 0 saturated carbocycles. The summed E-state index contributed by atoms with van der Waals surface area (Å²) in [4.78, 5) is 25.3. The molecule has 1 amide bonds. The Hall–Kier alpha value is -4.31. The Morgan fingerprint density at radius 1 is 1.10 bits per heavy atom. The van der Waals surface area contributed by atoms with Crippen molar-refractivity contribution in [2.24, 2.45) is 0 Å². The first-order chi connectivity index (χ1) is 15.0. The van der Waals surface area contributed by atoms with E-state index in [2.05, 4.69) is 5.32 Å². The fourth-order valence-corrected chi connectivity index (χ4v) is 3.32. The minimum Gasteiger partial charge on any atom is -0.449 e. The predicted molar refractivity (Wildman–Crippen MR) is 115 cm³/mol. The van der Waals surface area contributed by atoms with E-state index in [1.807, 2.05) is 42.5 Å². The first-order valence-corrected chi connectivity index (χ1v) is 9.65. The van der Waals surface area contributed by atoms with Gasteiger partial charge >= 0.3 is 5.97 Å². The average molecular weight is 413 g/mol. The molecule has 0 aliphatic heterocycles. The summed E-state index contributed by atoms with van der Waals surface area (Å²) in [6.07, 6.45) is 2.33. The number of ether oxygens (including phenoxy) is 1. The van der Waals surface area contributed by atoms with E-state index < -0.39 is 18.0 Å². The van der Waals surface area contributed by atoms with Crippen molar-refractivity contribution in [2.45, 2.75) is 20.0 Å². The maximum Gasteiger partial charge on any atom is 0.343 e. The number of aryl methyl sites for hydroxylation is 1. The number of carbonyl (C=O) groups excluding carboxylic acids is 2. The summed E-state index contributed by atoms with van der Waals surface area (Å²) in [6, 6.07) is 18.9. The zero-order valence-corrected chi connectivity index (χ0v) is 17.0. The van der Waals surface area contributed by atoms with Crippen LogP contribution in [-0.4, -0.2) is 22.5 Å². The molecule has 0 aliphatic carbocycles. The quantitative estimate of drug-likeness (QED) is 0.483. The highest BCUT2D eigenvalue weighted by atomic mass is 16.5. The lowest BCUT2D eigenvalue weighted by Crippen LogP contribution is -2.30. The second kappa shape index (κ2) is 8.20. The van der Waals surface area contributed by atoms with E-state index in [1.54, 1.807) is 42.1 Å². The van der Waals surface area contributed by atoms with Gasteiger partial charge in [-0.25, -0.2) is 4.79 Å². The molecule has 0 unspecified atom stereocenters. The molecular formula is C24H19N3O4. The zero-order valence-electron chi connectivity index (χ0n) is 17.0. The third kappa shape index (κ3) is 3.91. The predicted octanol–water partition coefficient (Wildman–Crippen LogP) is 4.59. The van der Waals surface area contributed by atoms with Crippen molar-refractivity contribution < 1.29 is 18.7 Å². The van der Waals surface area contributed by atoms with Crippen molar-refractivity contribution in [1.29, 1.82) is 5.26 Å². The third-order valence-corrected chi connectivity index (χ3v) is 4.89. The highest BCUT2D eigenvalue weighted by Gasteiger charge is 2.28. The van der Waals surface area contributed by atoms with Gasteiger partial charge in [0.1, 0.15) is 23.0 Å². The van der Waals surface area contributed by atoms with E-state index in [0.717, 1.165) is 10.8 Å². The number of nitrogens with zero attached hydrogens (tertiary/aromatic N) is 2. The first-order valence-electron chi connectivity index (χ1n) is 9.65. The number of fused-ring (bicyclic) bond motifs is 1. The van der Waals surface area contributed by atoms with E-state index in [1.165, 1.54) is 6.92 Å². The van der Waals surface area contributed by atoms with Crippen LogP contribution in [0.4, 0.5) is 5.69 Å². The number of hydrogen-bond donors (Lipinski definition) is 1. The van der Waals surface area contributed by atoms with Gasteiger partial charge in [0.25, 0.3) is 5.91 Å².